The molecule has 2 aromatic heterocycles. The third kappa shape index (κ3) is 4.45. The smallest absolute Gasteiger partial charge is 0.155 e. The molecule has 0 bridgehead atoms. The molecule has 1 aliphatic heterocycles. The van der Waals surface area contributed by atoms with E-state index >= 15 is 0 Å². The average Bonchev–Trinajstić information content (AvgIpc) is 3.00. The van der Waals surface area contributed by atoms with Crippen LogP contribution in [0.15, 0.2) is 24.3 Å². The maximum absolute atomic E-state index is 6.44. The molecule has 1 fully saturated rings. The normalized spacial score (nSPS) is 14.6. The molecule has 0 aliphatic carbocycles. The fourth-order valence-corrected chi connectivity index (χ4v) is 3.93. The highest BCUT2D eigenvalue weighted by Crippen LogP contribution is 2.33. The molecule has 3 heterocycles. The highest BCUT2D eigenvalue weighted by Gasteiger charge is 2.17. The molecule has 1 aromatic carbocycles. The Labute approximate surface area is 178 Å². The van der Waals surface area contributed by atoms with Crippen LogP contribution in [0, 0.1) is 5.92 Å². The Morgan fingerprint density at radius 1 is 1.21 bits per heavy atom. The van der Waals surface area contributed by atoms with Crippen LogP contribution in [0.2, 0.25) is 0 Å². The topological polar surface area (TPSA) is 80.8 Å². The number of nitrogens with zero attached hydrogens (tertiary/aromatic N) is 3. The molecule has 0 spiro atoms. The molecule has 0 radical (unpaired) electrons. The van der Waals surface area contributed by atoms with Crippen LogP contribution in [0.1, 0.15) is 32.6 Å². The molecule has 6 nitrogen and oxygen atoms in total. The number of nitrogens with one attached hydrogen (secondary N) is 2. The minimum Gasteiger partial charge on any atom is -0.383 e. The number of pyridine rings is 1. The van der Waals surface area contributed by atoms with Gasteiger partial charge in [-0.15, -0.1) is 24.8 Å². The van der Waals surface area contributed by atoms with Crippen LogP contribution in [-0.2, 0) is 6.54 Å². The van der Waals surface area contributed by atoms with E-state index < -0.39 is 0 Å². The second-order valence-corrected chi connectivity index (χ2v) is 7.22. The van der Waals surface area contributed by atoms with Crippen molar-refractivity contribution < 1.29 is 0 Å². The van der Waals surface area contributed by atoms with Crippen molar-refractivity contribution in [2.75, 3.05) is 30.7 Å². The molecule has 0 atom stereocenters. The molecule has 3 aromatic rings. The number of aryl methyl sites for hydroxylation is 1. The van der Waals surface area contributed by atoms with Gasteiger partial charge in [-0.05, 0) is 50.8 Å². The summed E-state index contributed by atoms with van der Waals surface area (Å²) in [6, 6.07) is 8.18. The number of aromatic nitrogens is 3. The Bertz CT molecular complexity index is 904. The van der Waals surface area contributed by atoms with E-state index in [1.807, 2.05) is 22.9 Å². The number of para-hydroxylation sites is 1. The zero-order chi connectivity index (χ0) is 17.9. The van der Waals surface area contributed by atoms with Crippen LogP contribution in [0.25, 0.3) is 21.8 Å². The number of nitrogen functional groups attached to an aromatic ring is 1. The summed E-state index contributed by atoms with van der Waals surface area (Å²) in [6.45, 7) is 6.16. The van der Waals surface area contributed by atoms with Crippen molar-refractivity contribution in [2.45, 2.75) is 39.2 Å². The molecule has 8 heteroatoms. The van der Waals surface area contributed by atoms with Gasteiger partial charge in [-0.25, -0.2) is 9.67 Å². The number of halogens is 2. The quantitative estimate of drug-likeness (QED) is 0.551. The molecule has 154 valence electrons. The molecule has 28 heavy (non-hydrogen) atoms. The average molecular weight is 425 g/mol. The third-order valence-corrected chi connectivity index (χ3v) is 5.36. The zero-order valence-electron chi connectivity index (χ0n) is 16.3. The van der Waals surface area contributed by atoms with Crippen molar-refractivity contribution in [2.24, 2.45) is 5.92 Å². The maximum atomic E-state index is 6.44. The Morgan fingerprint density at radius 3 is 2.71 bits per heavy atom. The lowest BCUT2D eigenvalue weighted by atomic mass is 9.95. The van der Waals surface area contributed by atoms with Gasteiger partial charge < -0.3 is 16.4 Å². The van der Waals surface area contributed by atoms with E-state index in [9.17, 15) is 0 Å². The van der Waals surface area contributed by atoms with Crippen molar-refractivity contribution in [3.63, 3.8) is 0 Å². The van der Waals surface area contributed by atoms with Gasteiger partial charge in [-0.1, -0.05) is 25.1 Å². The minimum absolute atomic E-state index is 0. The van der Waals surface area contributed by atoms with Gasteiger partial charge in [0.2, 0.25) is 0 Å². The predicted octanol–water partition coefficient (Wildman–Crippen LogP) is 4.22. The lowest BCUT2D eigenvalue weighted by molar-refractivity contribution is 0.361. The number of piperidine rings is 1. The van der Waals surface area contributed by atoms with E-state index in [0.29, 0.717) is 0 Å². The number of anilines is 2. The van der Waals surface area contributed by atoms with Crippen LogP contribution in [0.4, 0.5) is 11.6 Å². The second kappa shape index (κ2) is 10.1. The van der Waals surface area contributed by atoms with Crippen LogP contribution < -0.4 is 16.4 Å². The molecule has 1 aliphatic rings. The molecule has 0 amide bonds. The van der Waals surface area contributed by atoms with Crippen LogP contribution in [-0.4, -0.2) is 34.4 Å². The Morgan fingerprint density at radius 2 is 1.96 bits per heavy atom. The monoisotopic (exact) mass is 424 g/mol. The SMILES string of the molecule is CCCn1nc2c(NCCC3CCNCC3)nc3ccccc3c2c1N.Cl.Cl. The molecule has 4 rings (SSSR count). The zero-order valence-corrected chi connectivity index (χ0v) is 17.9. The second-order valence-electron chi connectivity index (χ2n) is 7.22. The highest BCUT2D eigenvalue weighted by molar-refractivity contribution is 6.13. The summed E-state index contributed by atoms with van der Waals surface area (Å²) >= 11 is 0. The molecule has 4 N–H and O–H groups in total. The largest absolute Gasteiger partial charge is 0.383 e. The first-order valence-corrected chi connectivity index (χ1v) is 9.77. The van der Waals surface area contributed by atoms with Crippen molar-refractivity contribution in [3.8, 4) is 0 Å². The number of fused-ring (bicyclic) bond motifs is 3. The summed E-state index contributed by atoms with van der Waals surface area (Å²) in [5, 5.41) is 13.8. The standard InChI is InChI=1S/C20H28N6.2ClH/c1-2-13-26-19(21)17-15-5-3-4-6-16(15)24-20(18(17)25-26)23-12-9-14-7-10-22-11-8-14;;/h3-6,14,22H,2,7-13,21H2,1H3,(H,23,24);2*1H. The Hall–Kier alpha value is -1.76. The van der Waals surface area contributed by atoms with Gasteiger partial charge >= 0.3 is 0 Å². The Balaban J connectivity index is 0.00000140. The first-order valence-electron chi connectivity index (χ1n) is 9.77. The molecular weight excluding hydrogens is 395 g/mol. The summed E-state index contributed by atoms with van der Waals surface area (Å²) in [4.78, 5) is 4.85. The van der Waals surface area contributed by atoms with Crippen LogP contribution in [0.5, 0.6) is 0 Å². The lowest BCUT2D eigenvalue weighted by Gasteiger charge is -2.22. The first kappa shape index (κ1) is 22.5. The van der Waals surface area contributed by atoms with E-state index in [0.717, 1.165) is 72.0 Å². The maximum Gasteiger partial charge on any atom is 0.155 e. The number of rotatable bonds is 6. The van der Waals surface area contributed by atoms with Gasteiger partial charge in [0.15, 0.2) is 5.82 Å². The van der Waals surface area contributed by atoms with E-state index in [1.54, 1.807) is 0 Å². The number of hydrogen-bond donors (Lipinski definition) is 3. The summed E-state index contributed by atoms with van der Waals surface area (Å²) in [5.41, 5.74) is 8.30. The van der Waals surface area contributed by atoms with Crippen LogP contribution in [0.3, 0.4) is 0 Å². The summed E-state index contributed by atoms with van der Waals surface area (Å²) in [7, 11) is 0. The van der Waals surface area contributed by atoms with E-state index in [2.05, 4.69) is 23.6 Å². The fourth-order valence-electron chi connectivity index (χ4n) is 3.93. The van der Waals surface area contributed by atoms with E-state index in [1.165, 1.54) is 19.3 Å². The van der Waals surface area contributed by atoms with Gasteiger partial charge in [-0.2, -0.15) is 5.10 Å². The first-order chi connectivity index (χ1) is 12.8. The van der Waals surface area contributed by atoms with Crippen molar-refractivity contribution in [1.82, 2.24) is 20.1 Å². The van der Waals surface area contributed by atoms with Crippen molar-refractivity contribution >= 4 is 58.3 Å². The molecule has 0 saturated carbocycles. The molecular formula is C20H30Cl2N6. The summed E-state index contributed by atoms with van der Waals surface area (Å²) < 4.78 is 1.91. The fraction of sp³-hybridized carbons (Fsp3) is 0.500. The van der Waals surface area contributed by atoms with Gasteiger partial charge in [0.05, 0.1) is 10.9 Å². The van der Waals surface area contributed by atoms with Crippen molar-refractivity contribution in [1.29, 1.82) is 0 Å². The van der Waals surface area contributed by atoms with Crippen LogP contribution >= 0.6 is 24.8 Å². The van der Waals surface area contributed by atoms with Gasteiger partial charge in [-0.3, -0.25) is 0 Å². The lowest BCUT2D eigenvalue weighted by Crippen LogP contribution is -2.28. The molecule has 1 saturated heterocycles. The van der Waals surface area contributed by atoms with Gasteiger partial charge in [0, 0.05) is 18.5 Å². The predicted molar refractivity (Wildman–Crippen MR) is 123 cm³/mol. The van der Waals surface area contributed by atoms with E-state index in [4.69, 9.17) is 15.8 Å². The summed E-state index contributed by atoms with van der Waals surface area (Å²) in [5.74, 6) is 2.39. The summed E-state index contributed by atoms with van der Waals surface area (Å²) in [6.07, 6.45) is 4.70. The Kier molecular flexibility index (Phi) is 8.16. The molecule has 0 unspecified atom stereocenters. The van der Waals surface area contributed by atoms with Crippen molar-refractivity contribution in [3.05, 3.63) is 24.3 Å². The minimum atomic E-state index is 0. The number of hydrogen-bond acceptors (Lipinski definition) is 5. The van der Waals surface area contributed by atoms with Gasteiger partial charge in [0.1, 0.15) is 11.3 Å². The van der Waals surface area contributed by atoms with E-state index in [-0.39, 0.29) is 24.8 Å². The number of nitrogens with two attached hydrogens (primary N) is 1. The number of benzene rings is 1. The third-order valence-electron chi connectivity index (χ3n) is 5.36. The highest BCUT2D eigenvalue weighted by atomic mass is 35.5. The van der Waals surface area contributed by atoms with Gasteiger partial charge in [0.25, 0.3) is 0 Å².